The summed E-state index contributed by atoms with van der Waals surface area (Å²) in [6.07, 6.45) is 5.22. The maximum Gasteiger partial charge on any atom is 0.350 e. The number of aromatic nitrogens is 5. The molecule has 32 heavy (non-hydrogen) atoms. The molecule has 1 aliphatic heterocycles. The van der Waals surface area contributed by atoms with Crippen molar-refractivity contribution >= 4 is 22.8 Å². The van der Waals surface area contributed by atoms with Gasteiger partial charge in [0.1, 0.15) is 12.1 Å². The van der Waals surface area contributed by atoms with E-state index in [1.165, 1.54) is 9.08 Å². The summed E-state index contributed by atoms with van der Waals surface area (Å²) in [5.74, 6) is -0.142. The Morgan fingerprint density at radius 1 is 0.969 bits per heavy atom. The maximum absolute atomic E-state index is 13.1. The summed E-state index contributed by atoms with van der Waals surface area (Å²) >= 11 is 0. The molecule has 6 rings (SSSR count). The third-order valence-electron chi connectivity index (χ3n) is 5.96. The van der Waals surface area contributed by atoms with E-state index in [4.69, 9.17) is 0 Å². The Balaban J connectivity index is 1.38. The first-order valence-corrected chi connectivity index (χ1v) is 10.6. The number of amides is 1. The minimum atomic E-state index is -0.344. The van der Waals surface area contributed by atoms with Gasteiger partial charge in [-0.1, -0.05) is 48.5 Å². The SMILES string of the molecule is O=C(Cn1nc2c3cc(-c4ccccc4)nn3ccn2c1=O)N1CCCc2ccccc21. The normalized spacial score (nSPS) is 13.6. The Morgan fingerprint density at radius 3 is 2.66 bits per heavy atom. The first-order chi connectivity index (χ1) is 15.7. The van der Waals surface area contributed by atoms with Gasteiger partial charge in [0.05, 0.1) is 5.69 Å². The molecule has 4 heterocycles. The van der Waals surface area contributed by atoms with Crippen molar-refractivity contribution in [2.24, 2.45) is 0 Å². The van der Waals surface area contributed by atoms with Gasteiger partial charge in [0.15, 0.2) is 5.65 Å². The van der Waals surface area contributed by atoms with Crippen molar-refractivity contribution in [1.29, 1.82) is 0 Å². The van der Waals surface area contributed by atoms with Crippen LogP contribution in [-0.4, -0.2) is 36.2 Å². The predicted molar refractivity (Wildman–Crippen MR) is 121 cm³/mol. The van der Waals surface area contributed by atoms with Crippen LogP contribution in [0.2, 0.25) is 0 Å². The van der Waals surface area contributed by atoms with Crippen LogP contribution >= 0.6 is 0 Å². The number of para-hydroxylation sites is 1. The predicted octanol–water partition coefficient (Wildman–Crippen LogP) is 2.79. The summed E-state index contributed by atoms with van der Waals surface area (Å²) < 4.78 is 4.41. The van der Waals surface area contributed by atoms with Crippen molar-refractivity contribution in [2.75, 3.05) is 11.4 Å². The van der Waals surface area contributed by atoms with E-state index in [2.05, 4.69) is 10.2 Å². The molecule has 0 spiro atoms. The lowest BCUT2D eigenvalue weighted by atomic mass is 10.0. The lowest BCUT2D eigenvalue weighted by Gasteiger charge is -2.29. The lowest BCUT2D eigenvalue weighted by molar-refractivity contribution is -0.119. The van der Waals surface area contributed by atoms with Crippen LogP contribution in [0, 0.1) is 0 Å². The van der Waals surface area contributed by atoms with Crippen LogP contribution in [0.1, 0.15) is 12.0 Å². The summed E-state index contributed by atoms with van der Waals surface area (Å²) in [5.41, 5.74) is 4.69. The van der Waals surface area contributed by atoms with Crippen molar-refractivity contribution < 1.29 is 4.79 Å². The Labute approximate surface area is 182 Å². The van der Waals surface area contributed by atoms with Crippen molar-refractivity contribution in [1.82, 2.24) is 23.8 Å². The number of carbonyl (C=O) groups is 1. The third kappa shape index (κ3) is 2.91. The minimum absolute atomic E-state index is 0.110. The molecule has 0 aliphatic carbocycles. The molecule has 0 unspecified atom stereocenters. The van der Waals surface area contributed by atoms with Crippen LogP contribution in [0.25, 0.3) is 22.4 Å². The Morgan fingerprint density at radius 2 is 1.78 bits per heavy atom. The monoisotopic (exact) mass is 424 g/mol. The van der Waals surface area contributed by atoms with Crippen molar-refractivity contribution in [3.8, 4) is 11.3 Å². The number of anilines is 1. The number of fused-ring (bicyclic) bond motifs is 4. The average molecular weight is 424 g/mol. The van der Waals surface area contributed by atoms with Crippen LogP contribution < -0.4 is 10.6 Å². The zero-order valence-corrected chi connectivity index (χ0v) is 17.3. The van der Waals surface area contributed by atoms with Crippen LogP contribution in [0.5, 0.6) is 0 Å². The topological polar surface area (TPSA) is 76.9 Å². The fourth-order valence-corrected chi connectivity index (χ4v) is 4.39. The molecule has 1 amide bonds. The third-order valence-corrected chi connectivity index (χ3v) is 5.96. The summed E-state index contributed by atoms with van der Waals surface area (Å²) in [7, 11) is 0. The molecule has 0 fully saturated rings. The highest BCUT2D eigenvalue weighted by molar-refractivity contribution is 5.94. The highest BCUT2D eigenvalue weighted by atomic mass is 16.2. The van der Waals surface area contributed by atoms with E-state index in [1.54, 1.807) is 21.8 Å². The smallest absolute Gasteiger partial charge is 0.311 e. The number of benzene rings is 2. The van der Waals surface area contributed by atoms with Gasteiger partial charge in [0.25, 0.3) is 0 Å². The van der Waals surface area contributed by atoms with E-state index in [9.17, 15) is 9.59 Å². The van der Waals surface area contributed by atoms with Crippen LogP contribution in [-0.2, 0) is 17.8 Å². The lowest BCUT2D eigenvalue weighted by Crippen LogP contribution is -2.39. The van der Waals surface area contributed by atoms with Gasteiger partial charge in [-0.15, -0.1) is 5.10 Å². The Hall–Kier alpha value is -4.20. The molecule has 3 aromatic heterocycles. The quantitative estimate of drug-likeness (QED) is 0.446. The number of nitrogens with zero attached hydrogens (tertiary/aromatic N) is 6. The Bertz CT molecular complexity index is 1530. The molecule has 0 radical (unpaired) electrons. The largest absolute Gasteiger partial charge is 0.350 e. The fourth-order valence-electron chi connectivity index (χ4n) is 4.39. The molecular formula is C24H20N6O2. The fraction of sp³-hybridized carbons (Fsp3) is 0.167. The minimum Gasteiger partial charge on any atom is -0.311 e. The molecule has 8 nitrogen and oxygen atoms in total. The maximum atomic E-state index is 13.1. The Kier molecular flexibility index (Phi) is 4.17. The summed E-state index contributed by atoms with van der Waals surface area (Å²) in [4.78, 5) is 27.8. The molecule has 0 atom stereocenters. The van der Waals surface area contributed by atoms with Crippen molar-refractivity contribution in [2.45, 2.75) is 19.4 Å². The molecule has 5 aromatic rings. The van der Waals surface area contributed by atoms with E-state index in [1.807, 2.05) is 60.7 Å². The van der Waals surface area contributed by atoms with E-state index in [0.29, 0.717) is 17.7 Å². The van der Waals surface area contributed by atoms with Crippen LogP contribution in [0.3, 0.4) is 0 Å². The molecule has 0 saturated heterocycles. The standard InChI is InChI=1S/C24H20N6O2/c31-22(27-12-6-10-18-9-4-5-11-20(18)27)16-30-24(32)28-13-14-29-21(23(28)26-30)15-19(25-29)17-7-2-1-3-8-17/h1-5,7-9,11,13-15H,6,10,12,16H2. The van der Waals surface area contributed by atoms with Gasteiger partial charge < -0.3 is 4.90 Å². The second-order valence-electron chi connectivity index (χ2n) is 7.94. The molecule has 0 N–H and O–H groups in total. The first kappa shape index (κ1) is 18.6. The van der Waals surface area contributed by atoms with Crippen LogP contribution in [0.15, 0.2) is 77.9 Å². The molecule has 0 saturated carbocycles. The number of rotatable bonds is 3. The molecular weight excluding hydrogens is 404 g/mol. The molecule has 1 aliphatic rings. The van der Waals surface area contributed by atoms with Crippen LogP contribution in [0.4, 0.5) is 5.69 Å². The van der Waals surface area contributed by atoms with E-state index in [-0.39, 0.29) is 18.1 Å². The molecule has 0 bridgehead atoms. The highest BCUT2D eigenvalue weighted by Gasteiger charge is 2.24. The zero-order chi connectivity index (χ0) is 21.7. The second kappa shape index (κ2) is 7.19. The van der Waals surface area contributed by atoms with Crippen molar-refractivity contribution in [3.63, 3.8) is 0 Å². The first-order valence-electron chi connectivity index (χ1n) is 10.6. The van der Waals surface area contributed by atoms with Gasteiger partial charge in [0, 0.05) is 30.2 Å². The number of aryl methyl sites for hydroxylation is 1. The van der Waals surface area contributed by atoms with E-state index in [0.717, 1.165) is 35.3 Å². The average Bonchev–Trinajstić information content (AvgIpc) is 3.41. The van der Waals surface area contributed by atoms with E-state index >= 15 is 0 Å². The molecule has 8 heteroatoms. The van der Waals surface area contributed by atoms with E-state index < -0.39 is 0 Å². The van der Waals surface area contributed by atoms with Gasteiger partial charge >= 0.3 is 5.69 Å². The van der Waals surface area contributed by atoms with Gasteiger partial charge in [-0.2, -0.15) is 5.10 Å². The highest BCUT2D eigenvalue weighted by Crippen LogP contribution is 2.27. The molecule has 158 valence electrons. The molecule has 2 aromatic carbocycles. The van der Waals surface area contributed by atoms with Gasteiger partial charge in [0.2, 0.25) is 5.91 Å². The number of hydrogen-bond acceptors (Lipinski definition) is 4. The van der Waals surface area contributed by atoms with Crippen molar-refractivity contribution in [3.05, 3.63) is 89.1 Å². The van der Waals surface area contributed by atoms with Gasteiger partial charge in [-0.3, -0.25) is 4.79 Å². The zero-order valence-electron chi connectivity index (χ0n) is 17.3. The second-order valence-corrected chi connectivity index (χ2v) is 7.94. The summed E-state index contributed by atoms with van der Waals surface area (Å²) in [6, 6.07) is 19.7. The van der Waals surface area contributed by atoms with Gasteiger partial charge in [-0.05, 0) is 30.5 Å². The number of hydrogen-bond donors (Lipinski definition) is 0. The van der Waals surface area contributed by atoms with Gasteiger partial charge in [-0.25, -0.2) is 18.4 Å². The summed E-state index contributed by atoms with van der Waals surface area (Å²) in [5, 5.41) is 9.11. The number of carbonyl (C=O) groups excluding carboxylic acids is 1. The summed E-state index contributed by atoms with van der Waals surface area (Å²) in [6.45, 7) is 0.534.